The average molecular weight is 390 g/mol. The van der Waals surface area contributed by atoms with Gasteiger partial charge in [-0.1, -0.05) is 11.6 Å². The zero-order valence-electron chi connectivity index (χ0n) is 15.7. The van der Waals surface area contributed by atoms with Crippen molar-refractivity contribution in [3.8, 4) is 22.8 Å². The molecule has 1 aliphatic rings. The molecule has 0 bridgehead atoms. The number of hydrogen-bond donors (Lipinski definition) is 2. The number of aromatic hydroxyl groups is 1. The number of rotatable bonds is 4. The summed E-state index contributed by atoms with van der Waals surface area (Å²) in [4.78, 5) is 18.8. The van der Waals surface area contributed by atoms with E-state index in [1.165, 1.54) is 0 Å². The third-order valence-corrected chi connectivity index (χ3v) is 4.75. The van der Waals surface area contributed by atoms with Crippen LogP contribution in [0.2, 0.25) is 5.02 Å². The van der Waals surface area contributed by atoms with Crippen LogP contribution in [0.5, 0.6) is 11.5 Å². The third-order valence-electron chi connectivity index (χ3n) is 4.53. The molecule has 0 radical (unpaired) electrons. The molecule has 0 unspecified atom stereocenters. The highest BCUT2D eigenvalue weighted by Gasteiger charge is 2.26. The number of nitrogens with one attached hydrogen (secondary N) is 1. The van der Waals surface area contributed by atoms with Gasteiger partial charge in [-0.2, -0.15) is 0 Å². The molecule has 0 saturated heterocycles. The molecule has 3 rings (SSSR count). The van der Waals surface area contributed by atoms with Gasteiger partial charge in [0.25, 0.3) is 0 Å². The van der Waals surface area contributed by atoms with Crippen molar-refractivity contribution in [1.29, 1.82) is 0 Å². The fourth-order valence-corrected chi connectivity index (χ4v) is 3.23. The molecule has 0 saturated carbocycles. The number of carbonyl (C=O) groups is 1. The van der Waals surface area contributed by atoms with Crippen molar-refractivity contribution in [3.63, 3.8) is 0 Å². The molecule has 27 heavy (non-hydrogen) atoms. The first-order chi connectivity index (χ1) is 12.8. The van der Waals surface area contributed by atoms with Gasteiger partial charge >= 0.3 is 0 Å². The molecule has 2 N–H and O–H groups in total. The van der Waals surface area contributed by atoms with Crippen LogP contribution < -0.4 is 10.1 Å². The van der Waals surface area contributed by atoms with E-state index in [2.05, 4.69) is 10.3 Å². The minimum atomic E-state index is -0.304. The summed E-state index contributed by atoms with van der Waals surface area (Å²) in [7, 11) is 0. The van der Waals surface area contributed by atoms with Crippen LogP contribution in [0.25, 0.3) is 11.3 Å². The molecule has 1 aliphatic heterocycles. The highest BCUT2D eigenvalue weighted by molar-refractivity contribution is 6.30. The molecule has 1 aromatic carbocycles. The molecule has 1 amide bonds. The summed E-state index contributed by atoms with van der Waals surface area (Å²) in [6.45, 7) is 7.25. The standard InChI is InChI=1S/C20H24ClN3O3/c1-12(2)23-20(26)13(3)24-6-7-27-19-15(11-24)8-14(9-18(19)25)17-5-4-16(21)10-22-17/h4-5,8-10,12-13,25H,6-7,11H2,1-3H3,(H,23,26)/t13-/m1/s1. The molecule has 7 heteroatoms. The Morgan fingerprint density at radius 2 is 2.11 bits per heavy atom. The quantitative estimate of drug-likeness (QED) is 0.839. The number of phenols is 1. The second-order valence-corrected chi connectivity index (χ2v) is 7.44. The van der Waals surface area contributed by atoms with Gasteiger partial charge in [0.1, 0.15) is 6.61 Å². The maximum absolute atomic E-state index is 12.4. The summed E-state index contributed by atoms with van der Waals surface area (Å²) in [5.41, 5.74) is 2.30. The molecule has 0 fully saturated rings. The van der Waals surface area contributed by atoms with Gasteiger partial charge in [-0.25, -0.2) is 0 Å². The Bertz CT molecular complexity index is 824. The van der Waals surface area contributed by atoms with Crippen molar-refractivity contribution in [2.45, 2.75) is 39.4 Å². The van der Waals surface area contributed by atoms with Crippen LogP contribution in [-0.2, 0) is 11.3 Å². The number of ether oxygens (including phenoxy) is 1. The number of phenolic OH excluding ortho intramolecular Hbond substituents is 1. The largest absolute Gasteiger partial charge is 0.504 e. The summed E-state index contributed by atoms with van der Waals surface area (Å²) < 4.78 is 5.77. The zero-order valence-corrected chi connectivity index (χ0v) is 16.5. The lowest BCUT2D eigenvalue weighted by atomic mass is 10.0. The van der Waals surface area contributed by atoms with Crippen molar-refractivity contribution in [1.82, 2.24) is 15.2 Å². The van der Waals surface area contributed by atoms with E-state index in [4.69, 9.17) is 16.3 Å². The maximum Gasteiger partial charge on any atom is 0.237 e. The Hall–Kier alpha value is -2.31. The average Bonchev–Trinajstić information content (AvgIpc) is 2.84. The van der Waals surface area contributed by atoms with Gasteiger partial charge in [-0.15, -0.1) is 0 Å². The first-order valence-corrected chi connectivity index (χ1v) is 9.38. The lowest BCUT2D eigenvalue weighted by molar-refractivity contribution is -0.126. The summed E-state index contributed by atoms with van der Waals surface area (Å²) in [5, 5.41) is 14.0. The minimum Gasteiger partial charge on any atom is -0.504 e. The van der Waals surface area contributed by atoms with Crippen molar-refractivity contribution in [3.05, 3.63) is 41.0 Å². The fraction of sp³-hybridized carbons (Fsp3) is 0.400. The Morgan fingerprint density at radius 1 is 1.33 bits per heavy atom. The van der Waals surface area contributed by atoms with E-state index < -0.39 is 0 Å². The van der Waals surface area contributed by atoms with Gasteiger partial charge in [0.2, 0.25) is 5.91 Å². The van der Waals surface area contributed by atoms with Crippen LogP contribution in [0, 0.1) is 0 Å². The number of aromatic nitrogens is 1. The highest BCUT2D eigenvalue weighted by atomic mass is 35.5. The number of fused-ring (bicyclic) bond motifs is 1. The van der Waals surface area contributed by atoms with Gasteiger partial charge in [-0.05, 0) is 45.0 Å². The molecule has 2 heterocycles. The zero-order chi connectivity index (χ0) is 19.6. The number of pyridine rings is 1. The van der Waals surface area contributed by atoms with Crippen molar-refractivity contribution >= 4 is 17.5 Å². The van der Waals surface area contributed by atoms with Crippen LogP contribution in [0.3, 0.4) is 0 Å². The normalized spacial score (nSPS) is 15.6. The number of amides is 1. The molecule has 2 aromatic rings. The van der Waals surface area contributed by atoms with Crippen molar-refractivity contribution < 1.29 is 14.6 Å². The first kappa shape index (κ1) is 19.5. The third kappa shape index (κ3) is 4.51. The van der Waals surface area contributed by atoms with E-state index in [0.717, 1.165) is 11.1 Å². The monoisotopic (exact) mass is 389 g/mol. The van der Waals surface area contributed by atoms with E-state index >= 15 is 0 Å². The van der Waals surface area contributed by atoms with Gasteiger partial charge in [0, 0.05) is 36.5 Å². The molecular formula is C20H24ClN3O3. The summed E-state index contributed by atoms with van der Waals surface area (Å²) in [6.07, 6.45) is 1.57. The van der Waals surface area contributed by atoms with E-state index in [-0.39, 0.29) is 23.7 Å². The van der Waals surface area contributed by atoms with E-state index in [9.17, 15) is 9.90 Å². The first-order valence-electron chi connectivity index (χ1n) is 9.00. The van der Waals surface area contributed by atoms with E-state index in [1.54, 1.807) is 24.4 Å². The number of hydrogen-bond acceptors (Lipinski definition) is 5. The van der Waals surface area contributed by atoms with Crippen LogP contribution in [0.4, 0.5) is 0 Å². The van der Waals surface area contributed by atoms with Gasteiger partial charge < -0.3 is 15.2 Å². The van der Waals surface area contributed by atoms with Crippen LogP contribution in [0.1, 0.15) is 26.3 Å². The molecule has 144 valence electrons. The van der Waals surface area contributed by atoms with E-state index in [1.807, 2.05) is 31.7 Å². The van der Waals surface area contributed by atoms with Gasteiger partial charge in [0.05, 0.1) is 16.8 Å². The van der Waals surface area contributed by atoms with Gasteiger partial charge in [-0.3, -0.25) is 14.7 Å². The number of benzene rings is 1. The SMILES string of the molecule is CC(C)NC(=O)[C@@H](C)N1CCOc2c(O)cc(-c3ccc(Cl)cn3)cc2C1. The highest BCUT2D eigenvalue weighted by Crippen LogP contribution is 2.37. The lowest BCUT2D eigenvalue weighted by Gasteiger charge is -2.27. The predicted octanol–water partition coefficient (Wildman–Crippen LogP) is 3.22. The Morgan fingerprint density at radius 3 is 2.78 bits per heavy atom. The Labute approximate surface area is 164 Å². The number of nitrogens with zero attached hydrogens (tertiary/aromatic N) is 2. The van der Waals surface area contributed by atoms with Gasteiger partial charge in [0.15, 0.2) is 11.5 Å². The second kappa shape index (κ2) is 8.15. The molecule has 0 spiro atoms. The molecule has 1 atom stereocenters. The number of carbonyl (C=O) groups excluding carboxylic acids is 1. The second-order valence-electron chi connectivity index (χ2n) is 7.00. The maximum atomic E-state index is 12.4. The predicted molar refractivity (Wildman–Crippen MR) is 105 cm³/mol. The van der Waals surface area contributed by atoms with Crippen LogP contribution >= 0.6 is 11.6 Å². The van der Waals surface area contributed by atoms with Crippen molar-refractivity contribution in [2.75, 3.05) is 13.2 Å². The number of halogens is 1. The molecule has 0 aliphatic carbocycles. The van der Waals surface area contributed by atoms with Crippen LogP contribution in [-0.4, -0.2) is 46.1 Å². The fourth-order valence-electron chi connectivity index (χ4n) is 3.12. The Balaban J connectivity index is 1.89. The summed E-state index contributed by atoms with van der Waals surface area (Å²) >= 11 is 5.91. The smallest absolute Gasteiger partial charge is 0.237 e. The Kier molecular flexibility index (Phi) is 5.87. The summed E-state index contributed by atoms with van der Waals surface area (Å²) in [6, 6.07) is 6.92. The van der Waals surface area contributed by atoms with Crippen LogP contribution in [0.15, 0.2) is 30.5 Å². The lowest BCUT2D eigenvalue weighted by Crippen LogP contribution is -2.47. The molecule has 6 nitrogen and oxygen atoms in total. The van der Waals surface area contributed by atoms with Crippen molar-refractivity contribution in [2.24, 2.45) is 0 Å². The topological polar surface area (TPSA) is 74.7 Å². The minimum absolute atomic E-state index is 0.0202. The molecule has 1 aromatic heterocycles. The summed E-state index contributed by atoms with van der Waals surface area (Å²) in [5.74, 6) is 0.514. The molecular weight excluding hydrogens is 366 g/mol. The van der Waals surface area contributed by atoms with E-state index in [0.29, 0.717) is 36.2 Å².